The van der Waals surface area contributed by atoms with Crippen LogP contribution in [0, 0.1) is 5.92 Å². The molecule has 1 N–H and O–H groups in total. The molecule has 1 aliphatic rings. The minimum absolute atomic E-state index is 0.274. The molecular weight excluding hydrogens is 220 g/mol. The quantitative estimate of drug-likeness (QED) is 0.588. The zero-order valence-electron chi connectivity index (χ0n) is 10.6. The molecule has 1 aliphatic carbocycles. The van der Waals surface area contributed by atoms with E-state index in [9.17, 15) is 9.90 Å². The molecule has 0 unspecified atom stereocenters. The standard InChI is InChI=1S/C13H22O4/c1-16-11(8-9-12(14)17-2)13(15)10-6-4-3-5-7-10/h8-11,13,15H,3-7H2,1-2H3/b9-8+/t11-,13+/m1/s1. The highest BCUT2D eigenvalue weighted by Gasteiger charge is 2.27. The van der Waals surface area contributed by atoms with Crippen LogP contribution in [-0.4, -0.2) is 37.5 Å². The van der Waals surface area contributed by atoms with Gasteiger partial charge in [0.05, 0.1) is 13.2 Å². The second-order valence-electron chi connectivity index (χ2n) is 4.47. The van der Waals surface area contributed by atoms with Gasteiger partial charge in [-0.15, -0.1) is 0 Å². The predicted molar refractivity (Wildman–Crippen MR) is 64.5 cm³/mol. The van der Waals surface area contributed by atoms with Gasteiger partial charge in [0.25, 0.3) is 0 Å². The van der Waals surface area contributed by atoms with Crippen molar-refractivity contribution in [2.45, 2.75) is 44.3 Å². The Labute approximate surface area is 103 Å². The van der Waals surface area contributed by atoms with Crippen LogP contribution < -0.4 is 0 Å². The van der Waals surface area contributed by atoms with Gasteiger partial charge in [-0.25, -0.2) is 4.79 Å². The largest absolute Gasteiger partial charge is 0.466 e. The van der Waals surface area contributed by atoms with Gasteiger partial charge in [-0.3, -0.25) is 0 Å². The van der Waals surface area contributed by atoms with Crippen molar-refractivity contribution in [3.05, 3.63) is 12.2 Å². The number of ether oxygens (including phenoxy) is 2. The van der Waals surface area contributed by atoms with E-state index in [1.165, 1.54) is 32.4 Å². The molecule has 0 heterocycles. The Morgan fingerprint density at radius 2 is 1.94 bits per heavy atom. The number of aliphatic hydroxyl groups excluding tert-OH is 1. The fraction of sp³-hybridized carbons (Fsp3) is 0.769. The average Bonchev–Trinajstić information content (AvgIpc) is 2.39. The lowest BCUT2D eigenvalue weighted by Gasteiger charge is -2.30. The van der Waals surface area contributed by atoms with Gasteiger partial charge in [0.2, 0.25) is 0 Å². The fourth-order valence-corrected chi connectivity index (χ4v) is 2.32. The van der Waals surface area contributed by atoms with Crippen molar-refractivity contribution in [1.29, 1.82) is 0 Å². The summed E-state index contributed by atoms with van der Waals surface area (Å²) in [5.41, 5.74) is 0. The fourth-order valence-electron chi connectivity index (χ4n) is 2.32. The van der Waals surface area contributed by atoms with Crippen molar-refractivity contribution in [2.75, 3.05) is 14.2 Å². The molecule has 0 spiro atoms. The molecule has 4 nitrogen and oxygen atoms in total. The van der Waals surface area contributed by atoms with Crippen molar-refractivity contribution in [3.63, 3.8) is 0 Å². The van der Waals surface area contributed by atoms with E-state index in [2.05, 4.69) is 4.74 Å². The molecular formula is C13H22O4. The normalized spacial score (nSPS) is 21.4. The van der Waals surface area contributed by atoms with Crippen LogP contribution in [0.5, 0.6) is 0 Å². The summed E-state index contributed by atoms with van der Waals surface area (Å²) < 4.78 is 9.72. The van der Waals surface area contributed by atoms with Crippen molar-refractivity contribution < 1.29 is 19.4 Å². The van der Waals surface area contributed by atoms with E-state index in [4.69, 9.17) is 4.74 Å². The smallest absolute Gasteiger partial charge is 0.330 e. The summed E-state index contributed by atoms with van der Waals surface area (Å²) in [5, 5.41) is 10.2. The van der Waals surface area contributed by atoms with Gasteiger partial charge >= 0.3 is 5.97 Å². The second kappa shape index (κ2) is 7.45. The summed E-state index contributed by atoms with van der Waals surface area (Å²) in [7, 11) is 2.87. The molecule has 98 valence electrons. The molecule has 0 radical (unpaired) electrons. The van der Waals surface area contributed by atoms with E-state index >= 15 is 0 Å². The Kier molecular flexibility index (Phi) is 6.22. The van der Waals surface area contributed by atoms with Gasteiger partial charge in [-0.1, -0.05) is 19.3 Å². The lowest BCUT2D eigenvalue weighted by Crippen LogP contribution is -2.34. The molecule has 0 aliphatic heterocycles. The number of carbonyl (C=O) groups is 1. The number of hydrogen-bond donors (Lipinski definition) is 1. The Hall–Kier alpha value is -0.870. The number of aliphatic hydroxyl groups is 1. The highest BCUT2D eigenvalue weighted by atomic mass is 16.5. The highest BCUT2D eigenvalue weighted by molar-refractivity contribution is 5.81. The zero-order chi connectivity index (χ0) is 12.7. The maximum absolute atomic E-state index is 11.0. The molecule has 0 aromatic heterocycles. The van der Waals surface area contributed by atoms with Crippen molar-refractivity contribution >= 4 is 5.97 Å². The first-order valence-electron chi connectivity index (χ1n) is 6.16. The van der Waals surface area contributed by atoms with Crippen molar-refractivity contribution in [1.82, 2.24) is 0 Å². The van der Waals surface area contributed by atoms with E-state index in [1.54, 1.807) is 13.2 Å². The molecule has 0 aromatic rings. The molecule has 1 rings (SSSR count). The zero-order valence-corrected chi connectivity index (χ0v) is 10.6. The molecule has 4 heteroatoms. The third-order valence-corrected chi connectivity index (χ3v) is 3.36. The van der Waals surface area contributed by atoms with Gasteiger partial charge < -0.3 is 14.6 Å². The molecule has 2 atom stereocenters. The summed E-state index contributed by atoms with van der Waals surface area (Å²) in [6.07, 6.45) is 7.56. The molecule has 0 aromatic carbocycles. The number of rotatable bonds is 5. The van der Waals surface area contributed by atoms with E-state index < -0.39 is 18.2 Å². The maximum atomic E-state index is 11.0. The van der Waals surface area contributed by atoms with Gasteiger partial charge in [-0.2, -0.15) is 0 Å². The molecule has 0 amide bonds. The van der Waals surface area contributed by atoms with Gasteiger partial charge in [0.15, 0.2) is 0 Å². The summed E-state index contributed by atoms with van der Waals surface area (Å²) in [6, 6.07) is 0. The molecule has 0 saturated heterocycles. The van der Waals surface area contributed by atoms with E-state index in [0.717, 1.165) is 12.8 Å². The summed E-state index contributed by atoms with van der Waals surface area (Å²) >= 11 is 0. The minimum Gasteiger partial charge on any atom is -0.466 e. The van der Waals surface area contributed by atoms with Gasteiger partial charge in [0.1, 0.15) is 6.10 Å². The molecule has 1 saturated carbocycles. The number of carbonyl (C=O) groups excluding carboxylic acids is 1. The second-order valence-corrected chi connectivity index (χ2v) is 4.47. The maximum Gasteiger partial charge on any atom is 0.330 e. The van der Waals surface area contributed by atoms with E-state index in [0.29, 0.717) is 0 Å². The summed E-state index contributed by atoms with van der Waals surface area (Å²) in [6.45, 7) is 0. The summed E-state index contributed by atoms with van der Waals surface area (Å²) in [4.78, 5) is 11.0. The lowest BCUT2D eigenvalue weighted by atomic mass is 9.83. The van der Waals surface area contributed by atoms with Crippen LogP contribution in [0.2, 0.25) is 0 Å². The van der Waals surface area contributed by atoms with Crippen LogP contribution in [0.4, 0.5) is 0 Å². The van der Waals surface area contributed by atoms with E-state index in [1.807, 2.05) is 0 Å². The highest BCUT2D eigenvalue weighted by Crippen LogP contribution is 2.28. The summed E-state index contributed by atoms with van der Waals surface area (Å²) in [5.74, 6) is -0.154. The van der Waals surface area contributed by atoms with Crippen molar-refractivity contribution in [3.8, 4) is 0 Å². The Balaban J connectivity index is 2.53. The number of hydrogen-bond acceptors (Lipinski definition) is 4. The first-order chi connectivity index (χ1) is 8.19. The van der Waals surface area contributed by atoms with Gasteiger partial charge in [-0.05, 0) is 24.8 Å². The van der Waals surface area contributed by atoms with Crippen LogP contribution in [0.15, 0.2) is 12.2 Å². The van der Waals surface area contributed by atoms with Crippen LogP contribution in [0.1, 0.15) is 32.1 Å². The number of esters is 1. The minimum atomic E-state index is -0.541. The van der Waals surface area contributed by atoms with Gasteiger partial charge in [0, 0.05) is 13.2 Å². The third-order valence-electron chi connectivity index (χ3n) is 3.36. The lowest BCUT2D eigenvalue weighted by molar-refractivity contribution is -0.134. The topological polar surface area (TPSA) is 55.8 Å². The number of methoxy groups -OCH3 is 2. The average molecular weight is 242 g/mol. The molecule has 1 fully saturated rings. The molecule has 17 heavy (non-hydrogen) atoms. The first-order valence-corrected chi connectivity index (χ1v) is 6.16. The van der Waals surface area contributed by atoms with Crippen LogP contribution in [-0.2, 0) is 14.3 Å². The molecule has 0 bridgehead atoms. The van der Waals surface area contributed by atoms with E-state index in [-0.39, 0.29) is 5.92 Å². The Bertz CT molecular complexity index is 256. The first kappa shape index (κ1) is 14.2. The third kappa shape index (κ3) is 4.48. The SMILES string of the molecule is COC(=O)/C=C/[C@@H](OC)[C@@H](O)C1CCCCC1. The van der Waals surface area contributed by atoms with Crippen molar-refractivity contribution in [2.24, 2.45) is 5.92 Å². The van der Waals surface area contributed by atoms with Crippen LogP contribution >= 0.6 is 0 Å². The Morgan fingerprint density at radius 1 is 1.29 bits per heavy atom. The van der Waals surface area contributed by atoms with Crippen LogP contribution in [0.25, 0.3) is 0 Å². The van der Waals surface area contributed by atoms with Crippen LogP contribution in [0.3, 0.4) is 0 Å². The Morgan fingerprint density at radius 3 is 2.47 bits per heavy atom. The monoisotopic (exact) mass is 242 g/mol. The predicted octanol–water partition coefficient (Wildman–Crippen LogP) is 1.67.